The fourth-order valence-electron chi connectivity index (χ4n) is 3.07. The molecule has 4 rings (SSSR count). The van der Waals surface area contributed by atoms with Gasteiger partial charge in [0.15, 0.2) is 11.4 Å². The van der Waals surface area contributed by atoms with E-state index in [1.54, 1.807) is 39.0 Å². The number of hydrogen-bond donors (Lipinski definition) is 3. The van der Waals surface area contributed by atoms with E-state index in [4.69, 9.17) is 21.9 Å². The van der Waals surface area contributed by atoms with Crippen molar-refractivity contribution >= 4 is 28.5 Å². The fourth-order valence-corrected chi connectivity index (χ4v) is 3.24. The van der Waals surface area contributed by atoms with Gasteiger partial charge in [0.2, 0.25) is 17.7 Å². The van der Waals surface area contributed by atoms with Gasteiger partial charge in [-0.1, -0.05) is 28.6 Å². The monoisotopic (exact) mass is 453 g/mol. The molecule has 3 heterocycles. The lowest BCUT2D eigenvalue weighted by atomic mass is 10.0. The van der Waals surface area contributed by atoms with E-state index >= 15 is 0 Å². The number of aliphatic hydroxyl groups is 2. The van der Waals surface area contributed by atoms with Crippen LogP contribution in [0, 0.1) is 18.8 Å². The number of benzene rings is 1. The smallest absolute Gasteiger partial charge is 0.223 e. The molecular formula is C21H20ClN7O3. The fraction of sp³-hybridized carbons (Fsp3) is 0.286. The Hall–Kier alpha value is -3.52. The van der Waals surface area contributed by atoms with Crippen LogP contribution in [0.1, 0.15) is 43.7 Å². The number of aryl methyl sites for hydroxylation is 1. The lowest BCUT2D eigenvalue weighted by molar-refractivity contribution is 0.0749. The molecule has 0 aliphatic carbocycles. The minimum Gasteiger partial charge on any atom is -0.384 e. The number of aromatic nitrogens is 6. The zero-order valence-electron chi connectivity index (χ0n) is 17.8. The van der Waals surface area contributed by atoms with Crippen LogP contribution in [-0.2, 0) is 11.2 Å². The molecule has 1 atom stereocenters. The summed E-state index contributed by atoms with van der Waals surface area (Å²) in [6.07, 6.45) is 1.38. The molecule has 0 amide bonds. The van der Waals surface area contributed by atoms with Gasteiger partial charge < -0.3 is 20.5 Å². The average Bonchev–Trinajstić information content (AvgIpc) is 3.32. The van der Waals surface area contributed by atoms with Crippen LogP contribution < -0.4 is 5.73 Å². The predicted molar refractivity (Wildman–Crippen MR) is 117 cm³/mol. The van der Waals surface area contributed by atoms with Crippen LogP contribution in [0.4, 0.5) is 5.95 Å². The quantitative estimate of drug-likeness (QED) is 0.397. The van der Waals surface area contributed by atoms with Crippen LogP contribution >= 0.6 is 11.6 Å². The number of hydrogen-bond acceptors (Lipinski definition) is 9. The minimum absolute atomic E-state index is 0.0280. The highest BCUT2D eigenvalue weighted by Crippen LogP contribution is 2.31. The molecule has 0 radical (unpaired) electrons. The maximum atomic E-state index is 10.6. The van der Waals surface area contributed by atoms with Gasteiger partial charge in [-0.25, -0.2) is 9.67 Å². The Morgan fingerprint density at radius 2 is 1.94 bits per heavy atom. The van der Waals surface area contributed by atoms with Crippen LogP contribution in [0.3, 0.4) is 0 Å². The highest BCUT2D eigenvalue weighted by atomic mass is 35.5. The first kappa shape index (κ1) is 21.7. The molecule has 1 aromatic carbocycles. The maximum Gasteiger partial charge on any atom is 0.223 e. The number of nitrogen functional groups attached to an aromatic ring is 1. The van der Waals surface area contributed by atoms with Crippen molar-refractivity contribution in [3.05, 3.63) is 52.4 Å². The van der Waals surface area contributed by atoms with Crippen LogP contribution in [-0.4, -0.2) is 40.1 Å². The zero-order valence-corrected chi connectivity index (χ0v) is 18.5. The van der Waals surface area contributed by atoms with Crippen molar-refractivity contribution in [3.8, 4) is 17.7 Å². The minimum atomic E-state index is -1.62. The first-order chi connectivity index (χ1) is 15.0. The molecule has 0 aliphatic rings. The molecular weight excluding hydrogens is 434 g/mol. The molecule has 4 N–H and O–H groups in total. The second kappa shape index (κ2) is 7.56. The van der Waals surface area contributed by atoms with E-state index in [2.05, 4.69) is 37.0 Å². The predicted octanol–water partition coefficient (Wildman–Crippen LogP) is 2.23. The average molecular weight is 454 g/mol. The summed E-state index contributed by atoms with van der Waals surface area (Å²) in [5.74, 6) is 6.37. The molecule has 0 unspecified atom stereocenters. The number of halogens is 1. The summed E-state index contributed by atoms with van der Waals surface area (Å²) < 4.78 is 6.40. The second-order valence-electron chi connectivity index (χ2n) is 7.91. The Bertz CT molecular complexity index is 1390. The van der Waals surface area contributed by atoms with Gasteiger partial charge >= 0.3 is 0 Å². The standard InChI is InChI=1S/C21H20ClN7O3/c1-11-25-18(28-32-11)21(4,31)8-7-12-5-6-13-15(9-12)29(27-16(13)20(2,3)30)17-14(22)10-24-19(23)26-17/h5-6,9-10,30-31H,1-4H3,(H2,23,24,26)/t21-/m1/s1. The molecule has 0 saturated heterocycles. The largest absolute Gasteiger partial charge is 0.384 e. The summed E-state index contributed by atoms with van der Waals surface area (Å²) in [5.41, 5.74) is 4.47. The number of nitrogens with zero attached hydrogens (tertiary/aromatic N) is 6. The number of rotatable bonds is 3. The third-order valence-corrected chi connectivity index (χ3v) is 4.89. The maximum absolute atomic E-state index is 10.6. The molecule has 0 saturated carbocycles. The highest BCUT2D eigenvalue weighted by Gasteiger charge is 2.27. The molecule has 11 heteroatoms. The molecule has 0 spiro atoms. The van der Waals surface area contributed by atoms with Crippen molar-refractivity contribution in [2.45, 2.75) is 38.9 Å². The molecule has 0 fully saturated rings. The molecule has 32 heavy (non-hydrogen) atoms. The van der Waals surface area contributed by atoms with E-state index in [0.29, 0.717) is 28.1 Å². The topological polar surface area (TPSA) is 149 Å². The van der Waals surface area contributed by atoms with E-state index < -0.39 is 11.2 Å². The van der Waals surface area contributed by atoms with E-state index in [9.17, 15) is 10.2 Å². The summed E-state index contributed by atoms with van der Waals surface area (Å²) in [6, 6.07) is 5.28. The van der Waals surface area contributed by atoms with Gasteiger partial charge in [-0.15, -0.1) is 0 Å². The third kappa shape index (κ3) is 4.01. The van der Waals surface area contributed by atoms with Gasteiger partial charge in [0, 0.05) is 17.9 Å². The van der Waals surface area contributed by atoms with E-state index in [0.717, 1.165) is 0 Å². The molecule has 164 valence electrons. The van der Waals surface area contributed by atoms with Gasteiger partial charge in [0.1, 0.15) is 16.3 Å². The molecule has 0 aliphatic heterocycles. The summed E-state index contributed by atoms with van der Waals surface area (Å²) >= 11 is 6.30. The zero-order chi connectivity index (χ0) is 23.3. The van der Waals surface area contributed by atoms with Crippen molar-refractivity contribution < 1.29 is 14.7 Å². The summed E-state index contributed by atoms with van der Waals surface area (Å²) in [4.78, 5) is 12.1. The van der Waals surface area contributed by atoms with Crippen molar-refractivity contribution in [1.82, 2.24) is 29.9 Å². The van der Waals surface area contributed by atoms with Gasteiger partial charge in [0.25, 0.3) is 0 Å². The molecule has 4 aromatic rings. The highest BCUT2D eigenvalue weighted by molar-refractivity contribution is 6.32. The molecule has 0 bridgehead atoms. The molecule has 3 aromatic heterocycles. The van der Waals surface area contributed by atoms with E-state index in [-0.39, 0.29) is 22.6 Å². The third-order valence-electron chi connectivity index (χ3n) is 4.62. The van der Waals surface area contributed by atoms with Crippen LogP contribution in [0.2, 0.25) is 5.02 Å². The van der Waals surface area contributed by atoms with Gasteiger partial charge in [0.05, 0.1) is 11.7 Å². The van der Waals surface area contributed by atoms with Crippen LogP contribution in [0.15, 0.2) is 28.9 Å². The lowest BCUT2D eigenvalue weighted by Gasteiger charge is -2.14. The van der Waals surface area contributed by atoms with Crippen LogP contribution in [0.25, 0.3) is 16.7 Å². The summed E-state index contributed by atoms with van der Waals surface area (Å²) in [6.45, 7) is 6.36. The first-order valence-corrected chi connectivity index (χ1v) is 9.94. The van der Waals surface area contributed by atoms with Crippen molar-refractivity contribution in [1.29, 1.82) is 0 Å². The van der Waals surface area contributed by atoms with Gasteiger partial charge in [-0.05, 0) is 39.0 Å². The van der Waals surface area contributed by atoms with E-state index in [1.807, 2.05) is 0 Å². The Kier molecular flexibility index (Phi) is 5.13. The molecule has 10 nitrogen and oxygen atoms in total. The normalized spacial score (nSPS) is 13.6. The Morgan fingerprint density at radius 3 is 2.59 bits per heavy atom. The number of nitrogens with two attached hydrogens (primary N) is 1. The van der Waals surface area contributed by atoms with E-state index in [1.165, 1.54) is 17.8 Å². The summed E-state index contributed by atoms with van der Waals surface area (Å²) in [7, 11) is 0. The summed E-state index contributed by atoms with van der Waals surface area (Å²) in [5, 5.41) is 30.4. The SMILES string of the molecule is Cc1nc([C@](C)(O)C#Cc2ccc3c(C(C)(C)O)nn(-c4nc(N)ncc4Cl)c3c2)no1. The Balaban J connectivity index is 1.88. The van der Waals surface area contributed by atoms with Gasteiger partial charge in [-0.3, -0.25) is 0 Å². The Labute approximate surface area is 188 Å². The number of fused-ring (bicyclic) bond motifs is 1. The van der Waals surface area contributed by atoms with Crippen LogP contribution in [0.5, 0.6) is 0 Å². The van der Waals surface area contributed by atoms with Gasteiger partial charge in [-0.2, -0.15) is 15.1 Å². The number of anilines is 1. The van der Waals surface area contributed by atoms with Crippen molar-refractivity contribution in [2.75, 3.05) is 5.73 Å². The van der Waals surface area contributed by atoms with Crippen molar-refractivity contribution in [2.24, 2.45) is 0 Å². The first-order valence-electron chi connectivity index (χ1n) is 9.56. The second-order valence-corrected chi connectivity index (χ2v) is 8.32. The Morgan fingerprint density at radius 1 is 1.19 bits per heavy atom. The lowest BCUT2D eigenvalue weighted by Crippen LogP contribution is -2.20. The van der Waals surface area contributed by atoms with Crippen molar-refractivity contribution in [3.63, 3.8) is 0 Å².